The Balaban J connectivity index is 1.51. The molecule has 0 bridgehead atoms. The van der Waals surface area contributed by atoms with Crippen LogP contribution in [-0.4, -0.2) is 41.2 Å². The Morgan fingerprint density at radius 1 is 1.21 bits per heavy atom. The van der Waals surface area contributed by atoms with E-state index in [0.29, 0.717) is 39.5 Å². The second-order valence-electron chi connectivity index (χ2n) is 7.76. The number of carbonyl (C=O) groups excluding carboxylic acids is 1. The molecule has 1 fully saturated rings. The number of pyridine rings is 2. The van der Waals surface area contributed by atoms with Gasteiger partial charge in [0.25, 0.3) is 10.0 Å². The summed E-state index contributed by atoms with van der Waals surface area (Å²) < 4.78 is 33.1. The molecule has 0 radical (unpaired) electrons. The number of nitrogens with one attached hydrogen (secondary N) is 2. The van der Waals surface area contributed by atoms with E-state index >= 15 is 0 Å². The van der Waals surface area contributed by atoms with Gasteiger partial charge in [-0.1, -0.05) is 12.1 Å². The van der Waals surface area contributed by atoms with Crippen molar-refractivity contribution in [2.24, 2.45) is 0 Å². The lowest BCUT2D eigenvalue weighted by Gasteiger charge is -2.10. The summed E-state index contributed by atoms with van der Waals surface area (Å²) in [7, 11) is -3.78. The van der Waals surface area contributed by atoms with Gasteiger partial charge in [-0.25, -0.2) is 18.2 Å². The lowest BCUT2D eigenvalue weighted by Crippen LogP contribution is -2.12. The Hall–Kier alpha value is -3.79. The van der Waals surface area contributed by atoms with Gasteiger partial charge in [0, 0.05) is 23.4 Å². The Morgan fingerprint density at radius 3 is 2.67 bits per heavy atom. The Labute approximate surface area is 190 Å². The van der Waals surface area contributed by atoms with E-state index in [4.69, 9.17) is 4.74 Å². The highest BCUT2D eigenvalue weighted by Crippen LogP contribution is 2.43. The maximum absolute atomic E-state index is 12.7. The van der Waals surface area contributed by atoms with E-state index in [0.717, 1.165) is 18.5 Å². The molecular formula is C23H21N5O4S. The molecule has 5 rings (SSSR count). The fourth-order valence-electron chi connectivity index (χ4n) is 3.67. The van der Waals surface area contributed by atoms with Crippen LogP contribution >= 0.6 is 0 Å². The van der Waals surface area contributed by atoms with E-state index in [-0.39, 0.29) is 11.5 Å². The number of aromatic amines is 1. The monoisotopic (exact) mass is 463 g/mol. The molecule has 3 aromatic heterocycles. The molecule has 10 heteroatoms. The number of esters is 1. The van der Waals surface area contributed by atoms with Crippen LogP contribution in [0.5, 0.6) is 0 Å². The Morgan fingerprint density at radius 2 is 2.00 bits per heavy atom. The van der Waals surface area contributed by atoms with E-state index < -0.39 is 16.0 Å². The van der Waals surface area contributed by atoms with Gasteiger partial charge in [-0.2, -0.15) is 5.10 Å². The highest BCUT2D eigenvalue weighted by molar-refractivity contribution is 7.92. The second-order valence-corrected chi connectivity index (χ2v) is 9.44. The van der Waals surface area contributed by atoms with Crippen molar-refractivity contribution >= 4 is 32.7 Å². The largest absolute Gasteiger partial charge is 0.462 e. The zero-order valence-electron chi connectivity index (χ0n) is 17.8. The van der Waals surface area contributed by atoms with Crippen LogP contribution in [0.4, 0.5) is 5.69 Å². The zero-order valence-corrected chi connectivity index (χ0v) is 18.6. The zero-order chi connectivity index (χ0) is 23.0. The third-order valence-corrected chi connectivity index (χ3v) is 6.80. The van der Waals surface area contributed by atoms with Gasteiger partial charge in [0.05, 0.1) is 40.0 Å². The van der Waals surface area contributed by atoms with Crippen LogP contribution in [0, 0.1) is 0 Å². The van der Waals surface area contributed by atoms with E-state index in [1.165, 1.54) is 18.3 Å². The number of benzene rings is 1. The summed E-state index contributed by atoms with van der Waals surface area (Å²) >= 11 is 0. The first kappa shape index (κ1) is 21.1. The lowest BCUT2D eigenvalue weighted by atomic mass is 10.0. The summed E-state index contributed by atoms with van der Waals surface area (Å²) in [5.41, 5.74) is 3.28. The maximum Gasteiger partial charge on any atom is 0.339 e. The summed E-state index contributed by atoms with van der Waals surface area (Å²) in [4.78, 5) is 21.3. The van der Waals surface area contributed by atoms with Crippen LogP contribution < -0.4 is 4.72 Å². The van der Waals surface area contributed by atoms with Crippen LogP contribution in [0.3, 0.4) is 0 Å². The Bertz CT molecular complexity index is 1430. The number of aromatic nitrogens is 4. The number of rotatable bonds is 7. The van der Waals surface area contributed by atoms with E-state index in [9.17, 15) is 13.2 Å². The quantitative estimate of drug-likeness (QED) is 0.398. The smallest absolute Gasteiger partial charge is 0.339 e. The minimum Gasteiger partial charge on any atom is -0.462 e. The molecule has 168 valence electrons. The SMILES string of the molecule is CCOC(=O)c1cc(-c2ccc(S(=O)(=O)Nc3cccnc3)cc2)nc2n[nH]c(C3CC3)c12. The average molecular weight is 464 g/mol. The van der Waals surface area contributed by atoms with Gasteiger partial charge >= 0.3 is 5.97 Å². The van der Waals surface area contributed by atoms with Gasteiger partial charge in [0.2, 0.25) is 0 Å². The Kier molecular flexibility index (Phi) is 5.29. The predicted octanol–water partition coefficient (Wildman–Crippen LogP) is 3.87. The summed E-state index contributed by atoms with van der Waals surface area (Å²) in [5, 5.41) is 8.04. The molecule has 33 heavy (non-hydrogen) atoms. The van der Waals surface area contributed by atoms with Crippen LogP contribution in [-0.2, 0) is 14.8 Å². The lowest BCUT2D eigenvalue weighted by molar-refractivity contribution is 0.0528. The summed E-state index contributed by atoms with van der Waals surface area (Å²) in [6.45, 7) is 2.01. The molecule has 0 unspecified atom stereocenters. The van der Waals surface area contributed by atoms with Gasteiger partial charge in [0.1, 0.15) is 0 Å². The van der Waals surface area contributed by atoms with Crippen molar-refractivity contribution in [1.82, 2.24) is 20.2 Å². The molecule has 1 aliphatic rings. The molecule has 3 heterocycles. The number of hydrogen-bond acceptors (Lipinski definition) is 7. The van der Waals surface area contributed by atoms with Gasteiger partial charge < -0.3 is 4.74 Å². The average Bonchev–Trinajstić information content (AvgIpc) is 3.57. The predicted molar refractivity (Wildman–Crippen MR) is 122 cm³/mol. The molecule has 2 N–H and O–H groups in total. The van der Waals surface area contributed by atoms with Crippen LogP contribution in [0.25, 0.3) is 22.3 Å². The normalized spacial score (nSPS) is 13.7. The molecule has 0 saturated heterocycles. The highest BCUT2D eigenvalue weighted by Gasteiger charge is 2.30. The molecule has 0 aliphatic heterocycles. The molecule has 9 nitrogen and oxygen atoms in total. The van der Waals surface area contributed by atoms with Crippen molar-refractivity contribution in [1.29, 1.82) is 0 Å². The summed E-state index contributed by atoms with van der Waals surface area (Å²) in [5.74, 6) is -0.0815. The first-order valence-electron chi connectivity index (χ1n) is 10.6. The molecule has 1 saturated carbocycles. The molecule has 1 aliphatic carbocycles. The van der Waals surface area contributed by atoms with Gasteiger partial charge in [-0.3, -0.25) is 14.8 Å². The number of hydrogen-bond donors (Lipinski definition) is 2. The first-order chi connectivity index (χ1) is 16.0. The molecule has 4 aromatic rings. The van der Waals surface area contributed by atoms with Gasteiger partial charge in [-0.05, 0) is 50.1 Å². The third-order valence-electron chi connectivity index (χ3n) is 5.41. The van der Waals surface area contributed by atoms with E-state index in [1.54, 1.807) is 43.5 Å². The van der Waals surface area contributed by atoms with Crippen molar-refractivity contribution < 1.29 is 17.9 Å². The fraction of sp³-hybridized carbons (Fsp3) is 0.217. The summed E-state index contributed by atoms with van der Waals surface area (Å²) in [6, 6.07) is 11.2. The van der Waals surface area contributed by atoms with Gasteiger partial charge in [-0.15, -0.1) is 0 Å². The van der Waals surface area contributed by atoms with Crippen molar-refractivity contribution in [3.63, 3.8) is 0 Å². The van der Waals surface area contributed by atoms with Crippen LogP contribution in [0.1, 0.15) is 41.7 Å². The second kappa shape index (κ2) is 8.28. The molecule has 0 spiro atoms. The van der Waals surface area contributed by atoms with E-state index in [2.05, 4.69) is 24.9 Å². The van der Waals surface area contributed by atoms with Crippen LogP contribution in [0.2, 0.25) is 0 Å². The van der Waals surface area contributed by atoms with Crippen molar-refractivity contribution in [3.8, 4) is 11.3 Å². The molecular weight excluding hydrogens is 442 g/mol. The molecule has 0 atom stereocenters. The third kappa shape index (κ3) is 4.17. The first-order valence-corrected chi connectivity index (χ1v) is 12.0. The minimum absolute atomic E-state index is 0.0950. The topological polar surface area (TPSA) is 127 Å². The number of sulfonamides is 1. The standard InChI is InChI=1S/C23H21N5O4S/c1-2-32-23(29)18-12-19(25-22-20(18)21(26-27-22)15-5-6-15)14-7-9-17(10-8-14)33(30,31)28-16-4-3-11-24-13-16/h3-4,7-13,15,28H,2,5-6H2,1H3,(H,25,26,27). The number of H-pyrrole nitrogens is 1. The fourth-order valence-corrected chi connectivity index (χ4v) is 4.72. The number of carbonyl (C=O) groups is 1. The number of fused-ring (bicyclic) bond motifs is 1. The van der Waals surface area contributed by atoms with Crippen molar-refractivity contribution in [2.75, 3.05) is 11.3 Å². The van der Waals surface area contributed by atoms with Crippen LogP contribution in [0.15, 0.2) is 59.8 Å². The number of anilines is 1. The maximum atomic E-state index is 12.7. The highest BCUT2D eigenvalue weighted by atomic mass is 32.2. The summed E-state index contributed by atoms with van der Waals surface area (Å²) in [6.07, 6.45) is 5.09. The van der Waals surface area contributed by atoms with Crippen molar-refractivity contribution in [2.45, 2.75) is 30.6 Å². The van der Waals surface area contributed by atoms with Crippen molar-refractivity contribution in [3.05, 3.63) is 66.1 Å². The van der Waals surface area contributed by atoms with Gasteiger partial charge in [0.15, 0.2) is 5.65 Å². The van der Waals surface area contributed by atoms with E-state index in [1.807, 2.05) is 0 Å². The molecule has 1 aromatic carbocycles. The number of nitrogens with zero attached hydrogens (tertiary/aromatic N) is 3. The number of ether oxygens (including phenoxy) is 1. The molecule has 0 amide bonds. The minimum atomic E-state index is -3.78.